The van der Waals surface area contributed by atoms with Crippen LogP contribution in [0.3, 0.4) is 0 Å². The van der Waals surface area contributed by atoms with Crippen LogP contribution in [0.4, 0.5) is 0 Å². The minimum Gasteiger partial charge on any atom is -0.481 e. The molecule has 1 aromatic rings. The number of ether oxygens (including phenoxy) is 1. The molecule has 0 aromatic carbocycles. The van der Waals surface area contributed by atoms with Gasteiger partial charge in [0, 0.05) is 16.2 Å². The number of hydrogen-bond acceptors (Lipinski definition) is 3. The van der Waals surface area contributed by atoms with Crippen LogP contribution in [0.2, 0.25) is 0 Å². The summed E-state index contributed by atoms with van der Waals surface area (Å²) in [4.78, 5) is 3.99. The highest BCUT2D eigenvalue weighted by molar-refractivity contribution is 9.10. The van der Waals surface area contributed by atoms with E-state index in [9.17, 15) is 5.11 Å². The number of nitrogens with zero attached hydrogens (tertiary/aromatic N) is 1. The molecule has 3 nitrogen and oxygen atoms in total. The van der Waals surface area contributed by atoms with Gasteiger partial charge in [0.15, 0.2) is 0 Å². The van der Waals surface area contributed by atoms with Crippen molar-refractivity contribution in [3.05, 3.63) is 22.3 Å². The fourth-order valence-corrected chi connectivity index (χ4v) is 1.26. The summed E-state index contributed by atoms with van der Waals surface area (Å²) in [7, 11) is 1.53. The van der Waals surface area contributed by atoms with Crippen molar-refractivity contribution in [3.8, 4) is 5.88 Å². The van der Waals surface area contributed by atoms with Crippen molar-refractivity contribution >= 4 is 15.9 Å². The summed E-state index contributed by atoms with van der Waals surface area (Å²) in [6.45, 7) is 1.67. The molecule has 0 saturated carbocycles. The first-order valence-corrected chi connectivity index (χ1v) is 4.32. The Balaban J connectivity index is 3.12. The summed E-state index contributed by atoms with van der Waals surface area (Å²) in [5.41, 5.74) is 0.687. The van der Waals surface area contributed by atoms with Crippen LogP contribution in [0.1, 0.15) is 18.6 Å². The van der Waals surface area contributed by atoms with Gasteiger partial charge in [-0.3, -0.25) is 0 Å². The molecule has 0 spiro atoms. The Hall–Kier alpha value is -0.610. The van der Waals surface area contributed by atoms with E-state index in [1.165, 1.54) is 7.11 Å². The maximum Gasteiger partial charge on any atom is 0.218 e. The summed E-state index contributed by atoms with van der Waals surface area (Å²) >= 11 is 3.26. The van der Waals surface area contributed by atoms with E-state index in [1.807, 2.05) is 0 Å². The molecule has 0 aliphatic carbocycles. The smallest absolute Gasteiger partial charge is 0.218 e. The van der Waals surface area contributed by atoms with Crippen LogP contribution >= 0.6 is 15.9 Å². The third kappa shape index (κ3) is 1.95. The number of aromatic nitrogens is 1. The predicted molar refractivity (Wildman–Crippen MR) is 49.1 cm³/mol. The fourth-order valence-electron chi connectivity index (χ4n) is 0.912. The van der Waals surface area contributed by atoms with Crippen molar-refractivity contribution < 1.29 is 9.84 Å². The topological polar surface area (TPSA) is 42.4 Å². The molecule has 1 atom stereocenters. The van der Waals surface area contributed by atoms with Crippen molar-refractivity contribution in [1.82, 2.24) is 4.98 Å². The van der Waals surface area contributed by atoms with E-state index < -0.39 is 6.10 Å². The summed E-state index contributed by atoms with van der Waals surface area (Å²) < 4.78 is 5.80. The summed E-state index contributed by atoms with van der Waals surface area (Å²) in [5.74, 6) is 0.466. The SMILES string of the molecule is COc1ncc(Br)cc1[C@H](C)O. The minimum absolute atomic E-state index is 0.466. The molecule has 0 saturated heterocycles. The second kappa shape index (κ2) is 3.87. The first-order chi connectivity index (χ1) is 5.65. The normalized spacial score (nSPS) is 12.7. The lowest BCUT2D eigenvalue weighted by Gasteiger charge is -2.09. The first kappa shape index (κ1) is 9.48. The third-order valence-electron chi connectivity index (χ3n) is 1.49. The number of hydrogen-bond donors (Lipinski definition) is 1. The van der Waals surface area contributed by atoms with E-state index in [0.717, 1.165) is 4.47 Å². The van der Waals surface area contributed by atoms with E-state index in [4.69, 9.17) is 4.74 Å². The van der Waals surface area contributed by atoms with Gasteiger partial charge in [-0.25, -0.2) is 4.98 Å². The van der Waals surface area contributed by atoms with Crippen LogP contribution < -0.4 is 4.74 Å². The molecule has 1 aromatic heterocycles. The molecule has 66 valence electrons. The molecule has 0 aliphatic heterocycles. The second-order valence-electron chi connectivity index (χ2n) is 2.43. The lowest BCUT2D eigenvalue weighted by molar-refractivity contribution is 0.193. The molecule has 0 fully saturated rings. The number of rotatable bonds is 2. The highest BCUT2D eigenvalue weighted by atomic mass is 79.9. The monoisotopic (exact) mass is 231 g/mol. The zero-order valence-electron chi connectivity index (χ0n) is 6.91. The van der Waals surface area contributed by atoms with Crippen LogP contribution in [0.15, 0.2) is 16.7 Å². The van der Waals surface area contributed by atoms with Gasteiger partial charge in [-0.2, -0.15) is 0 Å². The summed E-state index contributed by atoms with van der Waals surface area (Å²) in [5, 5.41) is 9.32. The average molecular weight is 232 g/mol. The summed E-state index contributed by atoms with van der Waals surface area (Å²) in [6, 6.07) is 1.79. The molecule has 12 heavy (non-hydrogen) atoms. The molecule has 0 radical (unpaired) electrons. The summed E-state index contributed by atoms with van der Waals surface area (Å²) in [6.07, 6.45) is 1.06. The Kier molecular flexibility index (Phi) is 3.05. The number of aliphatic hydroxyl groups excluding tert-OH is 1. The van der Waals surface area contributed by atoms with Crippen LogP contribution in [0.5, 0.6) is 5.88 Å². The molecule has 1 N–H and O–H groups in total. The van der Waals surface area contributed by atoms with E-state index >= 15 is 0 Å². The predicted octanol–water partition coefficient (Wildman–Crippen LogP) is 1.91. The maximum absolute atomic E-state index is 9.32. The Bertz CT molecular complexity index is 276. The van der Waals surface area contributed by atoms with Crippen LogP contribution in [0.25, 0.3) is 0 Å². The van der Waals surface area contributed by atoms with E-state index in [0.29, 0.717) is 11.4 Å². The fraction of sp³-hybridized carbons (Fsp3) is 0.375. The van der Waals surface area contributed by atoms with Crippen LogP contribution in [-0.2, 0) is 0 Å². The molecular formula is C8H10BrNO2. The molecule has 0 unspecified atom stereocenters. The van der Waals surface area contributed by atoms with Gasteiger partial charge in [-0.1, -0.05) is 0 Å². The maximum atomic E-state index is 9.32. The van der Waals surface area contributed by atoms with Crippen molar-refractivity contribution in [3.63, 3.8) is 0 Å². The molecule has 4 heteroatoms. The second-order valence-corrected chi connectivity index (χ2v) is 3.34. The highest BCUT2D eigenvalue weighted by Gasteiger charge is 2.09. The van der Waals surface area contributed by atoms with Gasteiger partial charge in [-0.15, -0.1) is 0 Å². The molecule has 1 heterocycles. The van der Waals surface area contributed by atoms with E-state index in [-0.39, 0.29) is 0 Å². The zero-order chi connectivity index (χ0) is 9.14. The molecule has 1 rings (SSSR count). The Labute approximate surface area is 79.5 Å². The number of methoxy groups -OCH3 is 1. The largest absolute Gasteiger partial charge is 0.481 e. The Morgan fingerprint density at radius 2 is 2.33 bits per heavy atom. The minimum atomic E-state index is -0.565. The van der Waals surface area contributed by atoms with E-state index in [1.54, 1.807) is 19.2 Å². The molecular weight excluding hydrogens is 222 g/mol. The Morgan fingerprint density at radius 1 is 1.67 bits per heavy atom. The van der Waals surface area contributed by atoms with Gasteiger partial charge >= 0.3 is 0 Å². The van der Waals surface area contributed by atoms with Crippen molar-refractivity contribution in [2.75, 3.05) is 7.11 Å². The molecule has 0 bridgehead atoms. The van der Waals surface area contributed by atoms with Crippen molar-refractivity contribution in [1.29, 1.82) is 0 Å². The van der Waals surface area contributed by atoms with Crippen molar-refractivity contribution in [2.45, 2.75) is 13.0 Å². The van der Waals surface area contributed by atoms with Gasteiger partial charge in [0.25, 0.3) is 0 Å². The lowest BCUT2D eigenvalue weighted by Crippen LogP contribution is -1.98. The highest BCUT2D eigenvalue weighted by Crippen LogP contribution is 2.25. The van der Waals surface area contributed by atoms with Gasteiger partial charge < -0.3 is 9.84 Å². The molecule has 0 amide bonds. The van der Waals surface area contributed by atoms with Gasteiger partial charge in [0.2, 0.25) is 5.88 Å². The van der Waals surface area contributed by atoms with Crippen molar-refractivity contribution in [2.24, 2.45) is 0 Å². The van der Waals surface area contributed by atoms with Gasteiger partial charge in [-0.05, 0) is 28.9 Å². The Morgan fingerprint density at radius 3 is 2.83 bits per heavy atom. The van der Waals surface area contributed by atoms with Gasteiger partial charge in [0.05, 0.1) is 13.2 Å². The average Bonchev–Trinajstić information content (AvgIpc) is 2.04. The van der Waals surface area contributed by atoms with E-state index in [2.05, 4.69) is 20.9 Å². The van der Waals surface area contributed by atoms with Gasteiger partial charge in [0.1, 0.15) is 0 Å². The molecule has 0 aliphatic rings. The third-order valence-corrected chi connectivity index (χ3v) is 1.92. The number of halogens is 1. The zero-order valence-corrected chi connectivity index (χ0v) is 8.50. The standard InChI is InChI=1S/C8H10BrNO2/c1-5(11)7-3-6(9)4-10-8(7)12-2/h3-5,11H,1-2H3/t5-/m0/s1. The number of pyridine rings is 1. The quantitative estimate of drug-likeness (QED) is 0.846. The van der Waals surface area contributed by atoms with Crippen LogP contribution in [-0.4, -0.2) is 17.2 Å². The van der Waals surface area contributed by atoms with Crippen LogP contribution in [0, 0.1) is 0 Å². The first-order valence-electron chi connectivity index (χ1n) is 3.52. The lowest BCUT2D eigenvalue weighted by atomic mass is 10.2. The number of aliphatic hydroxyl groups is 1.